The molecule has 0 aliphatic rings. The summed E-state index contributed by atoms with van der Waals surface area (Å²) >= 11 is 0. The molecule has 0 saturated carbocycles. The molecule has 1 aromatic heterocycles. The molecule has 3 aromatic rings. The fourth-order valence-corrected chi connectivity index (χ4v) is 2.93. The highest BCUT2D eigenvalue weighted by Crippen LogP contribution is 2.26. The minimum absolute atomic E-state index is 0.262. The van der Waals surface area contributed by atoms with Crippen LogP contribution in [0.1, 0.15) is 12.6 Å². The van der Waals surface area contributed by atoms with Crippen LogP contribution in [0.3, 0.4) is 0 Å². The Hall–Kier alpha value is -3.68. The van der Waals surface area contributed by atoms with Crippen LogP contribution in [0.4, 0.5) is 10.1 Å². The number of nitrogens with zero attached hydrogens (tertiary/aromatic N) is 2. The first-order valence-corrected chi connectivity index (χ1v) is 9.33. The van der Waals surface area contributed by atoms with Crippen LogP contribution in [0.5, 0.6) is 11.5 Å². The number of anilines is 1. The van der Waals surface area contributed by atoms with Crippen LogP contribution in [0.2, 0.25) is 0 Å². The third kappa shape index (κ3) is 4.83. The molecule has 156 valence electrons. The van der Waals surface area contributed by atoms with E-state index in [2.05, 4.69) is 10.3 Å². The third-order valence-electron chi connectivity index (χ3n) is 4.46. The normalized spacial score (nSPS) is 10.5. The van der Waals surface area contributed by atoms with Gasteiger partial charge in [0.15, 0.2) is 0 Å². The first-order valence-electron chi connectivity index (χ1n) is 9.33. The number of aromatic nitrogens is 2. The standard InChI is InChI=1S/C22H22FN3O4/c1-4-16-11-21(28)26(22(25-16)14-5-7-15(23)8-6-14)13-20(27)24-17-9-18(29-2)12-19(10-17)30-3/h5-12H,4,13H2,1-3H3,(H,24,27). The molecular weight excluding hydrogens is 389 g/mol. The summed E-state index contributed by atoms with van der Waals surface area (Å²) in [4.78, 5) is 29.9. The molecule has 8 heteroatoms. The van der Waals surface area contributed by atoms with Gasteiger partial charge in [-0.2, -0.15) is 0 Å². The minimum Gasteiger partial charge on any atom is -0.497 e. The Labute approximate surface area is 173 Å². The number of carbonyl (C=O) groups excluding carboxylic acids is 1. The van der Waals surface area contributed by atoms with Crippen molar-refractivity contribution in [1.82, 2.24) is 9.55 Å². The SMILES string of the molecule is CCc1cc(=O)n(CC(=O)Nc2cc(OC)cc(OC)c2)c(-c2ccc(F)cc2)n1. The van der Waals surface area contributed by atoms with E-state index < -0.39 is 11.7 Å². The van der Waals surface area contributed by atoms with Crippen LogP contribution in [0.15, 0.2) is 53.3 Å². The predicted octanol–water partition coefficient (Wildman–Crippen LogP) is 3.27. The quantitative estimate of drug-likeness (QED) is 0.645. The Bertz CT molecular complexity index is 1090. The van der Waals surface area contributed by atoms with Gasteiger partial charge in [-0.1, -0.05) is 6.92 Å². The Kier molecular flexibility index (Phi) is 6.46. The van der Waals surface area contributed by atoms with Gasteiger partial charge in [-0.3, -0.25) is 14.2 Å². The number of benzene rings is 2. The van der Waals surface area contributed by atoms with Crippen LogP contribution in [0.25, 0.3) is 11.4 Å². The lowest BCUT2D eigenvalue weighted by Crippen LogP contribution is -2.30. The molecule has 0 spiro atoms. The van der Waals surface area contributed by atoms with Gasteiger partial charge in [0, 0.05) is 41.2 Å². The Morgan fingerprint density at radius 2 is 1.70 bits per heavy atom. The molecule has 1 heterocycles. The van der Waals surface area contributed by atoms with Gasteiger partial charge in [0.2, 0.25) is 5.91 Å². The summed E-state index contributed by atoms with van der Waals surface area (Å²) in [6.45, 7) is 1.62. The Balaban J connectivity index is 1.93. The van der Waals surface area contributed by atoms with Crippen LogP contribution in [-0.4, -0.2) is 29.7 Å². The van der Waals surface area contributed by atoms with Crippen molar-refractivity contribution in [3.05, 3.63) is 70.4 Å². The van der Waals surface area contributed by atoms with Gasteiger partial charge in [0.25, 0.3) is 5.56 Å². The number of halogens is 1. The van der Waals surface area contributed by atoms with Gasteiger partial charge < -0.3 is 14.8 Å². The number of methoxy groups -OCH3 is 2. The average molecular weight is 411 g/mol. The van der Waals surface area contributed by atoms with Gasteiger partial charge >= 0.3 is 0 Å². The largest absolute Gasteiger partial charge is 0.497 e. The van der Waals surface area contributed by atoms with Crippen LogP contribution >= 0.6 is 0 Å². The summed E-state index contributed by atoms with van der Waals surface area (Å²) in [6.07, 6.45) is 0.556. The molecule has 0 radical (unpaired) electrons. The van der Waals surface area contributed by atoms with Gasteiger partial charge in [-0.05, 0) is 30.7 Å². The van der Waals surface area contributed by atoms with Crippen molar-refractivity contribution in [2.45, 2.75) is 19.9 Å². The van der Waals surface area contributed by atoms with Gasteiger partial charge in [-0.25, -0.2) is 9.37 Å². The molecule has 3 rings (SSSR count). The maximum atomic E-state index is 13.3. The lowest BCUT2D eigenvalue weighted by Gasteiger charge is -2.14. The first-order chi connectivity index (χ1) is 14.4. The molecule has 0 atom stereocenters. The summed E-state index contributed by atoms with van der Waals surface area (Å²) in [7, 11) is 3.02. The molecule has 0 fully saturated rings. The van der Waals surface area contributed by atoms with Crippen molar-refractivity contribution < 1.29 is 18.7 Å². The van der Waals surface area contributed by atoms with Crippen LogP contribution < -0.4 is 20.3 Å². The lowest BCUT2D eigenvalue weighted by molar-refractivity contribution is -0.116. The topological polar surface area (TPSA) is 82.5 Å². The second-order valence-electron chi connectivity index (χ2n) is 6.51. The van der Waals surface area contributed by atoms with Gasteiger partial charge in [0.05, 0.1) is 14.2 Å². The smallest absolute Gasteiger partial charge is 0.254 e. The van der Waals surface area contributed by atoms with E-state index in [1.807, 2.05) is 6.92 Å². The average Bonchev–Trinajstić information content (AvgIpc) is 2.75. The van der Waals surface area contributed by atoms with E-state index in [4.69, 9.17) is 9.47 Å². The molecule has 30 heavy (non-hydrogen) atoms. The summed E-state index contributed by atoms with van der Waals surface area (Å²) in [5.74, 6) is 0.508. The molecule has 2 aromatic carbocycles. The van der Waals surface area contributed by atoms with E-state index in [0.717, 1.165) is 0 Å². The molecule has 1 N–H and O–H groups in total. The van der Waals surface area contributed by atoms with Crippen molar-refractivity contribution >= 4 is 11.6 Å². The molecule has 0 aliphatic heterocycles. The summed E-state index contributed by atoms with van der Waals surface area (Å²) in [5, 5.41) is 2.74. The van der Waals surface area contributed by atoms with E-state index >= 15 is 0 Å². The predicted molar refractivity (Wildman–Crippen MR) is 111 cm³/mol. The zero-order chi connectivity index (χ0) is 21.7. The second kappa shape index (κ2) is 9.21. The highest BCUT2D eigenvalue weighted by atomic mass is 19.1. The monoisotopic (exact) mass is 411 g/mol. The van der Waals surface area contributed by atoms with Crippen molar-refractivity contribution in [1.29, 1.82) is 0 Å². The van der Waals surface area contributed by atoms with E-state index in [0.29, 0.717) is 40.7 Å². The highest BCUT2D eigenvalue weighted by molar-refractivity contribution is 5.91. The van der Waals surface area contributed by atoms with E-state index in [9.17, 15) is 14.0 Å². The van der Waals surface area contributed by atoms with E-state index in [1.165, 1.54) is 49.1 Å². The van der Waals surface area contributed by atoms with Gasteiger partial charge in [-0.15, -0.1) is 0 Å². The highest BCUT2D eigenvalue weighted by Gasteiger charge is 2.15. The molecule has 0 saturated heterocycles. The summed E-state index contributed by atoms with van der Waals surface area (Å²) in [5.41, 5.74) is 1.23. The van der Waals surface area contributed by atoms with Crippen molar-refractivity contribution in [3.63, 3.8) is 0 Å². The molecule has 0 aliphatic carbocycles. The fraction of sp³-hybridized carbons (Fsp3) is 0.227. The summed E-state index contributed by atoms with van der Waals surface area (Å²) < 4.78 is 25.0. The second-order valence-corrected chi connectivity index (χ2v) is 6.51. The first kappa shape index (κ1) is 21.0. The summed E-state index contributed by atoms with van der Waals surface area (Å²) in [6, 6.07) is 12.0. The lowest BCUT2D eigenvalue weighted by atomic mass is 10.2. The molecule has 1 amide bonds. The molecule has 0 unspecified atom stereocenters. The van der Waals surface area contributed by atoms with Gasteiger partial charge in [0.1, 0.15) is 29.7 Å². The number of rotatable bonds is 7. The molecule has 7 nitrogen and oxygen atoms in total. The number of nitrogens with one attached hydrogen (secondary N) is 1. The number of hydrogen-bond donors (Lipinski definition) is 1. The molecule has 0 bridgehead atoms. The Morgan fingerprint density at radius 1 is 1.07 bits per heavy atom. The van der Waals surface area contributed by atoms with Crippen molar-refractivity contribution in [2.24, 2.45) is 0 Å². The number of hydrogen-bond acceptors (Lipinski definition) is 5. The maximum Gasteiger partial charge on any atom is 0.254 e. The maximum absolute atomic E-state index is 13.3. The number of ether oxygens (including phenoxy) is 2. The van der Waals surface area contributed by atoms with Crippen molar-refractivity contribution in [2.75, 3.05) is 19.5 Å². The van der Waals surface area contributed by atoms with E-state index in [1.54, 1.807) is 18.2 Å². The van der Waals surface area contributed by atoms with Crippen LogP contribution in [0, 0.1) is 5.82 Å². The number of carbonyl (C=O) groups is 1. The minimum atomic E-state index is -0.429. The number of amides is 1. The fourth-order valence-electron chi connectivity index (χ4n) is 2.93. The van der Waals surface area contributed by atoms with Crippen LogP contribution in [-0.2, 0) is 17.8 Å². The molecular formula is C22H22FN3O4. The van der Waals surface area contributed by atoms with Crippen molar-refractivity contribution in [3.8, 4) is 22.9 Å². The number of aryl methyl sites for hydroxylation is 1. The van der Waals surface area contributed by atoms with E-state index in [-0.39, 0.29) is 12.1 Å². The zero-order valence-corrected chi connectivity index (χ0v) is 16.9. The zero-order valence-electron chi connectivity index (χ0n) is 16.9. The third-order valence-corrected chi connectivity index (χ3v) is 4.46. The Morgan fingerprint density at radius 3 is 2.27 bits per heavy atom.